The normalized spacial score (nSPS) is 12.0. The molecule has 0 bridgehead atoms. The minimum Gasteiger partial charge on any atom is -0.456 e. The van der Waals surface area contributed by atoms with Gasteiger partial charge in [0.25, 0.3) is 0 Å². The molecule has 6 nitrogen and oxygen atoms in total. The van der Waals surface area contributed by atoms with Crippen LogP contribution in [0.5, 0.6) is 0 Å². The molecule has 0 radical (unpaired) electrons. The SMILES string of the molecule is c1ccc2c(c1)oc1ccc(-n3c4ccccc4c4cc(-c5ccc6c(c5)c5ccccc5n6-c5ncncn5)ccc43)cc12. The molecule has 0 fully saturated rings. The van der Waals surface area contributed by atoms with Gasteiger partial charge in [0.1, 0.15) is 23.8 Å². The smallest absolute Gasteiger partial charge is 0.237 e. The molecule has 6 heteroatoms. The van der Waals surface area contributed by atoms with Crippen LogP contribution in [0.2, 0.25) is 0 Å². The number of hydrogen-bond donors (Lipinski definition) is 0. The highest BCUT2D eigenvalue weighted by atomic mass is 16.3. The third kappa shape index (κ3) is 3.48. The van der Waals surface area contributed by atoms with E-state index in [4.69, 9.17) is 4.42 Å². The molecule has 0 saturated carbocycles. The van der Waals surface area contributed by atoms with Crippen LogP contribution in [0.15, 0.2) is 144 Å². The second-order valence-corrected chi connectivity index (χ2v) is 11.4. The summed E-state index contributed by atoms with van der Waals surface area (Å²) in [7, 11) is 0. The summed E-state index contributed by atoms with van der Waals surface area (Å²) < 4.78 is 10.6. The maximum Gasteiger partial charge on any atom is 0.237 e. The zero-order chi connectivity index (χ0) is 29.5. The van der Waals surface area contributed by atoms with Gasteiger partial charge < -0.3 is 8.98 Å². The molecule has 6 aromatic carbocycles. The van der Waals surface area contributed by atoms with Crippen molar-refractivity contribution in [2.45, 2.75) is 0 Å². The number of rotatable bonds is 3. The molecule has 0 aliphatic heterocycles. The van der Waals surface area contributed by atoms with E-state index < -0.39 is 0 Å². The summed E-state index contributed by atoms with van der Waals surface area (Å²) in [6.45, 7) is 0. The first-order valence-electron chi connectivity index (χ1n) is 14.9. The first kappa shape index (κ1) is 24.2. The molecule has 210 valence electrons. The average molecular weight is 578 g/mol. The predicted molar refractivity (Wildman–Crippen MR) is 181 cm³/mol. The van der Waals surface area contributed by atoms with Crippen LogP contribution in [0.3, 0.4) is 0 Å². The van der Waals surface area contributed by atoms with Crippen LogP contribution in [-0.4, -0.2) is 24.1 Å². The van der Waals surface area contributed by atoms with Crippen molar-refractivity contribution in [3.8, 4) is 22.8 Å². The minimum absolute atomic E-state index is 0.611. The molecule has 10 rings (SSSR count). The Morgan fingerprint density at radius 1 is 0.422 bits per heavy atom. The number of fused-ring (bicyclic) bond motifs is 9. The van der Waals surface area contributed by atoms with Crippen molar-refractivity contribution in [1.82, 2.24) is 24.1 Å². The van der Waals surface area contributed by atoms with Gasteiger partial charge >= 0.3 is 0 Å². The first-order valence-corrected chi connectivity index (χ1v) is 14.9. The third-order valence-corrected chi connectivity index (χ3v) is 8.98. The van der Waals surface area contributed by atoms with Gasteiger partial charge in [-0.1, -0.05) is 66.7 Å². The fraction of sp³-hybridized carbons (Fsp3) is 0. The maximum atomic E-state index is 6.13. The molecular weight excluding hydrogens is 554 g/mol. The van der Waals surface area contributed by atoms with Crippen molar-refractivity contribution in [3.05, 3.63) is 140 Å². The molecule has 0 aliphatic carbocycles. The molecule has 0 saturated heterocycles. The van der Waals surface area contributed by atoms with Crippen LogP contribution >= 0.6 is 0 Å². The Labute approximate surface area is 256 Å². The lowest BCUT2D eigenvalue weighted by Gasteiger charge is -2.09. The second-order valence-electron chi connectivity index (χ2n) is 11.4. The van der Waals surface area contributed by atoms with Gasteiger partial charge in [-0.3, -0.25) is 4.57 Å². The highest BCUT2D eigenvalue weighted by Crippen LogP contribution is 2.39. The van der Waals surface area contributed by atoms with Gasteiger partial charge in [-0.25, -0.2) is 15.0 Å². The fourth-order valence-corrected chi connectivity index (χ4v) is 7.00. The van der Waals surface area contributed by atoms with E-state index >= 15 is 0 Å². The van der Waals surface area contributed by atoms with E-state index in [1.165, 1.54) is 27.4 Å². The lowest BCUT2D eigenvalue weighted by molar-refractivity contribution is 0.669. The summed E-state index contributed by atoms with van der Waals surface area (Å²) in [4.78, 5) is 12.9. The standard InChI is InChI=1S/C39H23N5O/c1-4-10-33-27(7-1)30-19-24(13-16-35(30)43(33)26-15-18-38-32(21-26)29-9-3-6-12-37(29)45-38)25-14-17-36-31(20-25)28-8-2-5-11-34(28)44(36)39-41-22-40-23-42-39/h1-23H. The zero-order valence-corrected chi connectivity index (χ0v) is 23.9. The number of aromatic nitrogens is 5. The van der Waals surface area contributed by atoms with Crippen molar-refractivity contribution in [2.24, 2.45) is 0 Å². The summed E-state index contributed by atoms with van der Waals surface area (Å²) in [5.41, 5.74) is 9.71. The van der Waals surface area contributed by atoms with Crippen molar-refractivity contribution >= 4 is 65.6 Å². The lowest BCUT2D eigenvalue weighted by atomic mass is 10.0. The molecule has 45 heavy (non-hydrogen) atoms. The van der Waals surface area contributed by atoms with E-state index in [2.05, 4.69) is 139 Å². The summed E-state index contributed by atoms with van der Waals surface area (Å²) in [6.07, 6.45) is 3.08. The lowest BCUT2D eigenvalue weighted by Crippen LogP contribution is -2.00. The quantitative estimate of drug-likeness (QED) is 0.210. The maximum absolute atomic E-state index is 6.13. The van der Waals surface area contributed by atoms with E-state index in [0.29, 0.717) is 5.95 Å². The van der Waals surface area contributed by atoms with Crippen LogP contribution in [0.25, 0.3) is 88.3 Å². The van der Waals surface area contributed by atoms with Gasteiger partial charge in [0, 0.05) is 38.0 Å². The van der Waals surface area contributed by atoms with Gasteiger partial charge in [-0.15, -0.1) is 0 Å². The molecular formula is C39H23N5O. The van der Waals surface area contributed by atoms with Gasteiger partial charge in [-0.05, 0) is 71.8 Å². The van der Waals surface area contributed by atoms with Crippen LogP contribution in [0.4, 0.5) is 0 Å². The third-order valence-electron chi connectivity index (χ3n) is 8.98. The Balaban J connectivity index is 1.18. The molecule has 4 heterocycles. The fourth-order valence-electron chi connectivity index (χ4n) is 7.00. The van der Waals surface area contributed by atoms with Gasteiger partial charge in [0.05, 0.1) is 22.1 Å². The Bertz CT molecular complexity index is 2770. The van der Waals surface area contributed by atoms with Crippen LogP contribution in [0.1, 0.15) is 0 Å². The summed E-state index contributed by atoms with van der Waals surface area (Å²) in [6, 6.07) is 45.2. The van der Waals surface area contributed by atoms with Gasteiger partial charge in [0.15, 0.2) is 0 Å². The number of para-hydroxylation sites is 3. The van der Waals surface area contributed by atoms with Crippen molar-refractivity contribution in [2.75, 3.05) is 0 Å². The summed E-state index contributed by atoms with van der Waals surface area (Å²) >= 11 is 0. The van der Waals surface area contributed by atoms with E-state index in [-0.39, 0.29) is 0 Å². The zero-order valence-electron chi connectivity index (χ0n) is 23.9. The number of nitrogens with zero attached hydrogens (tertiary/aromatic N) is 5. The number of benzene rings is 6. The first-order chi connectivity index (χ1) is 22.3. The topological polar surface area (TPSA) is 61.7 Å². The van der Waals surface area contributed by atoms with E-state index in [0.717, 1.165) is 55.0 Å². The highest BCUT2D eigenvalue weighted by molar-refractivity contribution is 6.13. The Hall–Kier alpha value is -6.27. The van der Waals surface area contributed by atoms with Gasteiger partial charge in [0.2, 0.25) is 5.95 Å². The molecule has 0 N–H and O–H groups in total. The Morgan fingerprint density at radius 3 is 1.69 bits per heavy atom. The molecule has 0 spiro atoms. The van der Waals surface area contributed by atoms with E-state index in [9.17, 15) is 0 Å². The molecule has 0 aliphatic rings. The number of furan rings is 1. The molecule has 0 amide bonds. The second kappa shape index (κ2) is 9.11. The molecule has 4 aromatic heterocycles. The highest BCUT2D eigenvalue weighted by Gasteiger charge is 2.17. The van der Waals surface area contributed by atoms with E-state index in [1.807, 2.05) is 12.1 Å². The van der Waals surface area contributed by atoms with Crippen LogP contribution in [0, 0.1) is 0 Å². The average Bonchev–Trinajstić information content (AvgIpc) is 3.75. The monoisotopic (exact) mass is 577 g/mol. The van der Waals surface area contributed by atoms with Crippen molar-refractivity contribution in [3.63, 3.8) is 0 Å². The molecule has 0 unspecified atom stereocenters. The minimum atomic E-state index is 0.611. The van der Waals surface area contributed by atoms with E-state index in [1.54, 1.807) is 12.7 Å². The van der Waals surface area contributed by atoms with Crippen LogP contribution < -0.4 is 0 Å². The summed E-state index contributed by atoms with van der Waals surface area (Å²) in [5.74, 6) is 0.611. The van der Waals surface area contributed by atoms with Crippen molar-refractivity contribution < 1.29 is 4.42 Å². The summed E-state index contributed by atoms with van der Waals surface area (Å²) in [5, 5.41) is 7.01. The number of hydrogen-bond acceptors (Lipinski definition) is 4. The van der Waals surface area contributed by atoms with Crippen LogP contribution in [-0.2, 0) is 0 Å². The largest absolute Gasteiger partial charge is 0.456 e. The molecule has 10 aromatic rings. The molecule has 0 atom stereocenters. The van der Waals surface area contributed by atoms with Gasteiger partial charge in [-0.2, -0.15) is 0 Å². The Morgan fingerprint density at radius 2 is 0.978 bits per heavy atom. The Kier molecular flexibility index (Phi) is 4.90. The van der Waals surface area contributed by atoms with Crippen molar-refractivity contribution in [1.29, 1.82) is 0 Å². The predicted octanol–water partition coefficient (Wildman–Crippen LogP) is 9.63.